The van der Waals surface area contributed by atoms with Gasteiger partial charge in [-0.3, -0.25) is 16.3 Å². The Bertz CT molecular complexity index is 112. The number of hydrogen-bond donors (Lipinski definition) is 2. The summed E-state index contributed by atoms with van der Waals surface area (Å²) in [7, 11) is 0. The van der Waals surface area contributed by atoms with Gasteiger partial charge in [-0.15, -0.1) is 0 Å². The average molecular weight is 130 g/mol. The van der Waals surface area contributed by atoms with Crippen LogP contribution < -0.4 is 11.5 Å². The molecule has 4 N–H and O–H groups in total. The van der Waals surface area contributed by atoms with Gasteiger partial charge in [0, 0.05) is 0 Å². The van der Waals surface area contributed by atoms with Crippen molar-refractivity contribution in [2.75, 3.05) is 6.61 Å². The first kappa shape index (κ1) is 8.29. The van der Waals surface area contributed by atoms with E-state index in [-0.39, 0.29) is 12.4 Å². The first-order valence-corrected chi connectivity index (χ1v) is 2.45. The smallest absolute Gasteiger partial charge is 0.180 e. The van der Waals surface area contributed by atoms with Gasteiger partial charge < -0.3 is 4.74 Å². The van der Waals surface area contributed by atoms with Gasteiger partial charge in [-0.05, 0) is 6.08 Å². The van der Waals surface area contributed by atoms with Crippen molar-refractivity contribution < 1.29 is 9.53 Å². The monoisotopic (exact) mass is 130 g/mol. The summed E-state index contributed by atoms with van der Waals surface area (Å²) in [5.41, 5.74) is 9.93. The first-order chi connectivity index (χ1) is 4.16. The van der Waals surface area contributed by atoms with Crippen LogP contribution in [-0.4, -0.2) is 18.7 Å². The van der Waals surface area contributed by atoms with Crippen LogP contribution in [0.2, 0.25) is 0 Å². The van der Waals surface area contributed by atoms with Crippen LogP contribution in [0.1, 0.15) is 0 Å². The zero-order valence-corrected chi connectivity index (χ0v) is 5.04. The number of rotatable bonds is 4. The molecule has 52 valence electrons. The van der Waals surface area contributed by atoms with Crippen LogP contribution >= 0.6 is 0 Å². The SMILES string of the molecule is C=CC(=O)COC(N)N. The molecule has 0 aliphatic heterocycles. The van der Waals surface area contributed by atoms with Crippen molar-refractivity contribution >= 4 is 5.78 Å². The molecule has 0 aromatic carbocycles. The number of nitrogens with two attached hydrogens (primary N) is 2. The molecule has 0 rings (SSSR count). The fraction of sp³-hybridized carbons (Fsp3) is 0.400. The van der Waals surface area contributed by atoms with Crippen molar-refractivity contribution in [1.29, 1.82) is 0 Å². The first-order valence-electron chi connectivity index (χ1n) is 2.45. The van der Waals surface area contributed by atoms with E-state index < -0.39 is 6.35 Å². The van der Waals surface area contributed by atoms with Crippen molar-refractivity contribution in [3.05, 3.63) is 12.7 Å². The third-order valence-electron chi connectivity index (χ3n) is 0.646. The number of ether oxygens (including phenoxy) is 1. The van der Waals surface area contributed by atoms with Crippen molar-refractivity contribution in [2.24, 2.45) is 11.5 Å². The largest absolute Gasteiger partial charge is 0.342 e. The molecule has 0 unspecified atom stereocenters. The molecule has 4 heteroatoms. The summed E-state index contributed by atoms with van der Waals surface area (Å²) in [6.07, 6.45) is 0.274. The molecule has 9 heavy (non-hydrogen) atoms. The molecular formula is C5H10N2O2. The Kier molecular flexibility index (Phi) is 3.87. The quantitative estimate of drug-likeness (QED) is 0.376. The minimum absolute atomic E-state index is 0.0961. The van der Waals surface area contributed by atoms with E-state index in [0.717, 1.165) is 6.08 Å². The lowest BCUT2D eigenvalue weighted by Crippen LogP contribution is -2.34. The van der Waals surface area contributed by atoms with Gasteiger partial charge in [0.25, 0.3) is 0 Å². The minimum atomic E-state index is -0.881. The normalized spacial score (nSPS) is 9.67. The van der Waals surface area contributed by atoms with Crippen molar-refractivity contribution in [3.63, 3.8) is 0 Å². The third kappa shape index (κ3) is 5.16. The maximum atomic E-state index is 10.4. The van der Waals surface area contributed by atoms with Gasteiger partial charge in [0.1, 0.15) is 6.61 Å². The lowest BCUT2D eigenvalue weighted by atomic mass is 10.4. The Morgan fingerprint density at radius 3 is 2.67 bits per heavy atom. The molecule has 0 amide bonds. The van der Waals surface area contributed by atoms with Gasteiger partial charge in [0.05, 0.1) is 0 Å². The van der Waals surface area contributed by atoms with E-state index in [2.05, 4.69) is 11.3 Å². The van der Waals surface area contributed by atoms with Crippen LogP contribution in [0.15, 0.2) is 12.7 Å². The number of carbonyl (C=O) groups is 1. The molecule has 0 atom stereocenters. The summed E-state index contributed by atoms with van der Waals surface area (Å²) in [4.78, 5) is 10.4. The molecule has 0 aliphatic rings. The number of hydrogen-bond acceptors (Lipinski definition) is 4. The highest BCUT2D eigenvalue weighted by atomic mass is 16.5. The van der Waals surface area contributed by atoms with Crippen LogP contribution in [0.3, 0.4) is 0 Å². The molecule has 0 heterocycles. The number of ketones is 1. The predicted molar refractivity (Wildman–Crippen MR) is 33.3 cm³/mol. The zero-order valence-electron chi connectivity index (χ0n) is 5.04. The second-order valence-corrected chi connectivity index (χ2v) is 1.45. The van der Waals surface area contributed by atoms with Gasteiger partial charge >= 0.3 is 0 Å². The van der Waals surface area contributed by atoms with Crippen LogP contribution in [0.4, 0.5) is 0 Å². The zero-order chi connectivity index (χ0) is 7.28. The summed E-state index contributed by atoms with van der Waals surface area (Å²) in [5.74, 6) is -0.226. The molecule has 0 spiro atoms. The van der Waals surface area contributed by atoms with Gasteiger partial charge in [0.15, 0.2) is 12.1 Å². The van der Waals surface area contributed by atoms with Gasteiger partial charge in [-0.25, -0.2) is 0 Å². The summed E-state index contributed by atoms with van der Waals surface area (Å²) in [6, 6.07) is 0. The second kappa shape index (κ2) is 4.20. The van der Waals surface area contributed by atoms with Crippen molar-refractivity contribution in [2.45, 2.75) is 6.35 Å². The summed E-state index contributed by atoms with van der Waals surface area (Å²) >= 11 is 0. The van der Waals surface area contributed by atoms with Crippen molar-refractivity contribution in [3.8, 4) is 0 Å². The lowest BCUT2D eigenvalue weighted by molar-refractivity contribution is -0.120. The lowest BCUT2D eigenvalue weighted by Gasteiger charge is -2.03. The van der Waals surface area contributed by atoms with Gasteiger partial charge in [-0.1, -0.05) is 6.58 Å². The van der Waals surface area contributed by atoms with E-state index in [0.29, 0.717) is 0 Å². The van der Waals surface area contributed by atoms with Crippen LogP contribution in [-0.2, 0) is 9.53 Å². The molecule has 0 saturated heterocycles. The van der Waals surface area contributed by atoms with E-state index in [9.17, 15) is 4.79 Å². The van der Waals surface area contributed by atoms with E-state index in [1.165, 1.54) is 0 Å². The van der Waals surface area contributed by atoms with E-state index in [1.54, 1.807) is 0 Å². The van der Waals surface area contributed by atoms with E-state index >= 15 is 0 Å². The molecule has 0 aliphatic carbocycles. The highest BCUT2D eigenvalue weighted by Crippen LogP contribution is 1.77. The van der Waals surface area contributed by atoms with Crippen molar-refractivity contribution in [1.82, 2.24) is 0 Å². The molecule has 0 saturated carbocycles. The Morgan fingerprint density at radius 2 is 2.33 bits per heavy atom. The van der Waals surface area contributed by atoms with Crippen LogP contribution in [0.25, 0.3) is 0 Å². The molecular weight excluding hydrogens is 120 g/mol. The summed E-state index contributed by atoms with van der Waals surface area (Å²) in [5, 5.41) is 0. The second-order valence-electron chi connectivity index (χ2n) is 1.45. The highest BCUT2D eigenvalue weighted by Gasteiger charge is 1.96. The van der Waals surface area contributed by atoms with Crippen LogP contribution in [0.5, 0.6) is 0 Å². The molecule has 0 radical (unpaired) electrons. The topological polar surface area (TPSA) is 78.3 Å². The van der Waals surface area contributed by atoms with E-state index in [4.69, 9.17) is 11.5 Å². The Hall–Kier alpha value is -0.710. The summed E-state index contributed by atoms with van der Waals surface area (Å²) < 4.78 is 4.53. The highest BCUT2D eigenvalue weighted by molar-refractivity contribution is 5.90. The third-order valence-corrected chi connectivity index (χ3v) is 0.646. The predicted octanol–water partition coefficient (Wildman–Crippen LogP) is -1.04. The Morgan fingerprint density at radius 1 is 1.78 bits per heavy atom. The van der Waals surface area contributed by atoms with E-state index in [1.807, 2.05) is 0 Å². The maximum Gasteiger partial charge on any atom is 0.180 e. The molecule has 4 nitrogen and oxygen atoms in total. The summed E-state index contributed by atoms with van der Waals surface area (Å²) in [6.45, 7) is 3.13. The maximum absolute atomic E-state index is 10.4. The fourth-order valence-electron chi connectivity index (χ4n) is 0.237. The Labute approximate surface area is 53.5 Å². The molecule has 0 aromatic rings. The van der Waals surface area contributed by atoms with Gasteiger partial charge in [0.2, 0.25) is 0 Å². The Balaban J connectivity index is 3.27. The standard InChI is InChI=1S/C5H10N2O2/c1-2-4(8)3-9-5(6)7/h2,5H,1,3,6-7H2. The minimum Gasteiger partial charge on any atom is -0.342 e. The average Bonchev–Trinajstić information content (AvgIpc) is 1.83. The molecule has 0 aromatic heterocycles. The molecule has 0 fully saturated rings. The van der Waals surface area contributed by atoms with Crippen LogP contribution in [0, 0.1) is 0 Å². The number of carbonyl (C=O) groups excluding carboxylic acids is 1. The fourth-order valence-corrected chi connectivity index (χ4v) is 0.237. The van der Waals surface area contributed by atoms with Gasteiger partial charge in [-0.2, -0.15) is 0 Å². The molecule has 0 bridgehead atoms.